The van der Waals surface area contributed by atoms with Crippen LogP contribution >= 0.6 is 22.9 Å². The second-order valence-corrected chi connectivity index (χ2v) is 9.33. The van der Waals surface area contributed by atoms with Gasteiger partial charge in [0, 0.05) is 16.3 Å². The third kappa shape index (κ3) is 4.39. The molecule has 0 fully saturated rings. The molecule has 3 aromatic rings. The second-order valence-electron chi connectivity index (χ2n) is 5.68. The Kier molecular flexibility index (Phi) is 5.13. The number of halogens is 1. The average molecular weight is 395 g/mol. The molecule has 0 bridgehead atoms. The van der Waals surface area contributed by atoms with Crippen molar-refractivity contribution in [3.63, 3.8) is 0 Å². The summed E-state index contributed by atoms with van der Waals surface area (Å²) in [4.78, 5) is 13.0. The Morgan fingerprint density at radius 3 is 2.44 bits per heavy atom. The van der Waals surface area contributed by atoms with Gasteiger partial charge >= 0.3 is 5.97 Å². The molecule has 130 valence electrons. The van der Waals surface area contributed by atoms with Crippen LogP contribution in [-0.2, 0) is 26.9 Å². The van der Waals surface area contributed by atoms with Crippen LogP contribution in [0.5, 0.6) is 0 Å². The van der Waals surface area contributed by atoms with Gasteiger partial charge in [-0.15, -0.1) is 11.3 Å². The number of hydrogen-bond donors (Lipinski definition) is 0. The summed E-state index contributed by atoms with van der Waals surface area (Å²) in [5.41, 5.74) is 1.00. The summed E-state index contributed by atoms with van der Waals surface area (Å²) in [7, 11) is -3.10. The molecule has 2 aromatic carbocycles. The third-order valence-corrected chi connectivity index (χ3v) is 6.10. The highest BCUT2D eigenvalue weighted by Gasteiger charge is 2.13. The first-order valence-electron chi connectivity index (χ1n) is 7.43. The molecule has 0 amide bonds. The van der Waals surface area contributed by atoms with Crippen molar-refractivity contribution in [1.29, 1.82) is 0 Å². The van der Waals surface area contributed by atoms with Crippen LogP contribution in [0.1, 0.15) is 20.8 Å². The molecule has 1 aromatic heterocycles. The molecule has 7 heteroatoms. The lowest BCUT2D eigenvalue weighted by atomic mass is 10.1. The Hall–Kier alpha value is -1.89. The first-order valence-corrected chi connectivity index (χ1v) is 10.7. The molecule has 0 unspecified atom stereocenters. The lowest BCUT2D eigenvalue weighted by Crippen LogP contribution is -2.06. The molecule has 25 heavy (non-hydrogen) atoms. The Bertz CT molecular complexity index is 1020. The first kappa shape index (κ1) is 17.9. The van der Waals surface area contributed by atoms with E-state index < -0.39 is 15.8 Å². The van der Waals surface area contributed by atoms with Crippen molar-refractivity contribution >= 4 is 48.8 Å². The van der Waals surface area contributed by atoms with Crippen molar-refractivity contribution in [3.05, 3.63) is 69.6 Å². The molecule has 0 aliphatic carbocycles. The van der Waals surface area contributed by atoms with Gasteiger partial charge < -0.3 is 4.74 Å². The fraction of sp³-hybridized carbons (Fsp3) is 0.167. The maximum Gasteiger partial charge on any atom is 0.338 e. The van der Waals surface area contributed by atoms with E-state index in [1.807, 2.05) is 24.3 Å². The van der Waals surface area contributed by atoms with Crippen LogP contribution in [0.4, 0.5) is 0 Å². The van der Waals surface area contributed by atoms with Crippen LogP contribution < -0.4 is 0 Å². The molecule has 1 heterocycles. The van der Waals surface area contributed by atoms with Gasteiger partial charge in [-0.3, -0.25) is 0 Å². The van der Waals surface area contributed by atoms with E-state index in [4.69, 9.17) is 16.3 Å². The molecule has 0 N–H and O–H groups in total. The summed E-state index contributed by atoms with van der Waals surface area (Å²) in [6.45, 7) is 0.0993. The number of fused-ring (bicyclic) bond motifs is 1. The molecule has 0 saturated heterocycles. The summed E-state index contributed by atoms with van der Waals surface area (Å²) in [5.74, 6) is -0.529. The van der Waals surface area contributed by atoms with Crippen molar-refractivity contribution in [2.75, 3.05) is 6.26 Å². The highest BCUT2D eigenvalue weighted by Crippen LogP contribution is 2.35. The molecular formula is C18H15ClO4S2. The van der Waals surface area contributed by atoms with Gasteiger partial charge in [-0.05, 0) is 23.8 Å². The zero-order valence-electron chi connectivity index (χ0n) is 13.4. The topological polar surface area (TPSA) is 60.4 Å². The maximum absolute atomic E-state index is 12.2. The van der Waals surface area contributed by atoms with Crippen molar-refractivity contribution in [2.45, 2.75) is 12.4 Å². The smallest absolute Gasteiger partial charge is 0.338 e. The fourth-order valence-corrected chi connectivity index (χ4v) is 4.61. The van der Waals surface area contributed by atoms with Gasteiger partial charge in [-0.25, -0.2) is 13.2 Å². The normalized spacial score (nSPS) is 11.6. The number of thiophene rings is 1. The Morgan fingerprint density at radius 2 is 1.80 bits per heavy atom. The zero-order chi connectivity index (χ0) is 18.0. The lowest BCUT2D eigenvalue weighted by molar-refractivity contribution is 0.0477. The third-order valence-electron chi connectivity index (χ3n) is 3.55. The summed E-state index contributed by atoms with van der Waals surface area (Å²) in [5, 5.41) is 1.56. The predicted octanol–water partition coefficient (Wildman–Crippen LogP) is 4.46. The number of hydrogen-bond acceptors (Lipinski definition) is 5. The van der Waals surface area contributed by atoms with Crippen molar-refractivity contribution in [2.24, 2.45) is 0 Å². The maximum atomic E-state index is 12.2. The van der Waals surface area contributed by atoms with Gasteiger partial charge in [0.15, 0.2) is 9.84 Å². The largest absolute Gasteiger partial charge is 0.456 e. The molecule has 3 rings (SSSR count). The van der Waals surface area contributed by atoms with E-state index >= 15 is 0 Å². The molecule has 0 radical (unpaired) electrons. The second kappa shape index (κ2) is 7.15. The van der Waals surface area contributed by atoms with E-state index in [0.29, 0.717) is 16.1 Å². The van der Waals surface area contributed by atoms with Crippen LogP contribution in [-0.4, -0.2) is 20.6 Å². The van der Waals surface area contributed by atoms with Gasteiger partial charge in [0.25, 0.3) is 0 Å². The van der Waals surface area contributed by atoms with Gasteiger partial charge in [0.2, 0.25) is 0 Å². The molecule has 4 nitrogen and oxygen atoms in total. The number of ether oxygens (including phenoxy) is 1. The van der Waals surface area contributed by atoms with E-state index in [1.165, 1.54) is 17.6 Å². The van der Waals surface area contributed by atoms with Crippen LogP contribution in [0.25, 0.3) is 10.1 Å². The molecular weight excluding hydrogens is 380 g/mol. The van der Waals surface area contributed by atoms with Gasteiger partial charge in [-0.1, -0.05) is 41.9 Å². The van der Waals surface area contributed by atoms with Gasteiger partial charge in [0.1, 0.15) is 6.61 Å². The Balaban J connectivity index is 1.68. The molecule has 0 aliphatic rings. The molecule has 0 saturated carbocycles. The Morgan fingerprint density at radius 1 is 1.12 bits per heavy atom. The van der Waals surface area contributed by atoms with E-state index in [0.717, 1.165) is 15.0 Å². The van der Waals surface area contributed by atoms with Crippen molar-refractivity contribution in [3.8, 4) is 0 Å². The highest BCUT2D eigenvalue weighted by molar-refractivity contribution is 7.89. The number of carbonyl (C=O) groups excluding carboxylic acids is 1. The van der Waals surface area contributed by atoms with E-state index in [9.17, 15) is 13.2 Å². The van der Waals surface area contributed by atoms with Crippen LogP contribution in [0.2, 0.25) is 5.02 Å². The summed E-state index contributed by atoms with van der Waals surface area (Å²) < 4.78 is 28.9. The number of sulfone groups is 1. The van der Waals surface area contributed by atoms with Crippen LogP contribution in [0, 0.1) is 0 Å². The number of carbonyl (C=O) groups is 1. The molecule has 0 atom stereocenters. The molecule has 0 aliphatic heterocycles. The quantitative estimate of drug-likeness (QED) is 0.599. The monoisotopic (exact) mass is 394 g/mol. The number of rotatable bonds is 5. The summed E-state index contributed by atoms with van der Waals surface area (Å²) >= 11 is 7.83. The fourth-order valence-electron chi connectivity index (χ4n) is 2.41. The van der Waals surface area contributed by atoms with E-state index in [-0.39, 0.29) is 12.4 Å². The van der Waals surface area contributed by atoms with Gasteiger partial charge in [0.05, 0.1) is 21.2 Å². The zero-order valence-corrected chi connectivity index (χ0v) is 15.7. The summed E-state index contributed by atoms with van der Waals surface area (Å²) in [6, 6.07) is 14.1. The minimum absolute atomic E-state index is 0.0558. The number of esters is 1. The SMILES string of the molecule is CS(=O)(=O)Cc1ccc(C(=O)OCc2sc3ccccc3c2Cl)cc1. The van der Waals surface area contributed by atoms with Crippen LogP contribution in [0.15, 0.2) is 48.5 Å². The minimum Gasteiger partial charge on any atom is -0.456 e. The number of benzene rings is 2. The standard InChI is InChI=1S/C18H15ClO4S2/c1-25(21,22)11-12-6-8-13(9-7-12)18(20)23-10-16-17(19)14-4-2-3-5-15(14)24-16/h2-9H,10-11H2,1H3. The molecule has 0 spiro atoms. The average Bonchev–Trinajstić information content (AvgIpc) is 2.88. The minimum atomic E-state index is -3.10. The Labute approximate surface area is 154 Å². The van der Waals surface area contributed by atoms with Gasteiger partial charge in [-0.2, -0.15) is 0 Å². The van der Waals surface area contributed by atoms with Crippen molar-refractivity contribution < 1.29 is 17.9 Å². The van der Waals surface area contributed by atoms with Crippen LogP contribution in [0.3, 0.4) is 0 Å². The van der Waals surface area contributed by atoms with E-state index in [1.54, 1.807) is 24.3 Å². The first-order chi connectivity index (χ1) is 11.8. The summed E-state index contributed by atoms with van der Waals surface area (Å²) in [6.07, 6.45) is 1.17. The lowest BCUT2D eigenvalue weighted by Gasteiger charge is -2.05. The predicted molar refractivity (Wildman–Crippen MR) is 101 cm³/mol. The van der Waals surface area contributed by atoms with Crippen molar-refractivity contribution in [1.82, 2.24) is 0 Å². The highest BCUT2D eigenvalue weighted by atomic mass is 35.5. The van der Waals surface area contributed by atoms with E-state index in [2.05, 4.69) is 0 Å².